The fourth-order valence-corrected chi connectivity index (χ4v) is 1.85. The summed E-state index contributed by atoms with van der Waals surface area (Å²) in [6, 6.07) is 4.24. The van der Waals surface area contributed by atoms with Gasteiger partial charge in [-0.1, -0.05) is 18.2 Å². The lowest BCUT2D eigenvalue weighted by Crippen LogP contribution is -1.95. The summed E-state index contributed by atoms with van der Waals surface area (Å²) in [4.78, 5) is 0. The normalized spacial score (nSPS) is 11.7. The smallest absolute Gasteiger partial charge is 0.129 e. The SMILES string of the molecule is COc1c(/C(C)=C/CCCl)ccc(C)c1C. The van der Waals surface area contributed by atoms with Gasteiger partial charge in [0.25, 0.3) is 0 Å². The van der Waals surface area contributed by atoms with Crippen molar-refractivity contribution in [1.29, 1.82) is 0 Å². The minimum atomic E-state index is 0.657. The van der Waals surface area contributed by atoms with E-state index in [0.717, 1.165) is 17.7 Å². The van der Waals surface area contributed by atoms with Gasteiger partial charge in [0.1, 0.15) is 5.75 Å². The number of halogens is 1. The topological polar surface area (TPSA) is 9.23 Å². The van der Waals surface area contributed by atoms with Crippen LogP contribution in [0, 0.1) is 13.8 Å². The lowest BCUT2D eigenvalue weighted by Gasteiger charge is -2.13. The number of hydrogen-bond acceptors (Lipinski definition) is 1. The van der Waals surface area contributed by atoms with Gasteiger partial charge < -0.3 is 4.74 Å². The Morgan fingerprint density at radius 2 is 2.06 bits per heavy atom. The molecule has 0 fully saturated rings. The molecule has 1 nitrogen and oxygen atoms in total. The van der Waals surface area contributed by atoms with Crippen molar-refractivity contribution < 1.29 is 4.74 Å². The molecule has 1 aromatic rings. The van der Waals surface area contributed by atoms with E-state index in [1.54, 1.807) is 7.11 Å². The third kappa shape index (κ3) is 2.79. The van der Waals surface area contributed by atoms with Crippen molar-refractivity contribution >= 4 is 17.2 Å². The fourth-order valence-electron chi connectivity index (χ4n) is 1.74. The van der Waals surface area contributed by atoms with Gasteiger partial charge in [-0.2, -0.15) is 0 Å². The monoisotopic (exact) mass is 238 g/mol. The predicted octanol–water partition coefficient (Wildman–Crippen LogP) is 4.34. The van der Waals surface area contributed by atoms with E-state index in [9.17, 15) is 0 Å². The molecule has 0 heterocycles. The van der Waals surface area contributed by atoms with E-state index in [2.05, 4.69) is 39.0 Å². The molecule has 0 atom stereocenters. The maximum absolute atomic E-state index is 5.69. The van der Waals surface area contributed by atoms with Crippen LogP contribution in [0.15, 0.2) is 18.2 Å². The van der Waals surface area contributed by atoms with Crippen LogP contribution in [0.5, 0.6) is 5.75 Å². The Hall–Kier alpha value is -0.950. The molecular weight excluding hydrogens is 220 g/mol. The van der Waals surface area contributed by atoms with Gasteiger partial charge in [-0.3, -0.25) is 0 Å². The molecule has 0 aliphatic carbocycles. The molecule has 16 heavy (non-hydrogen) atoms. The third-order valence-electron chi connectivity index (χ3n) is 2.87. The number of ether oxygens (including phenoxy) is 1. The van der Waals surface area contributed by atoms with Crippen LogP contribution in [-0.2, 0) is 0 Å². The van der Waals surface area contributed by atoms with Gasteiger partial charge in [0.15, 0.2) is 0 Å². The Labute approximate surface area is 103 Å². The average molecular weight is 239 g/mol. The van der Waals surface area contributed by atoms with Crippen molar-refractivity contribution in [2.45, 2.75) is 27.2 Å². The second kappa shape index (κ2) is 5.95. The van der Waals surface area contributed by atoms with Crippen LogP contribution in [0.1, 0.15) is 30.0 Å². The van der Waals surface area contributed by atoms with Gasteiger partial charge in [0.05, 0.1) is 7.11 Å². The summed E-state index contributed by atoms with van der Waals surface area (Å²) >= 11 is 5.69. The molecule has 2 heteroatoms. The van der Waals surface area contributed by atoms with Crippen LogP contribution >= 0.6 is 11.6 Å². The molecular formula is C14H19ClO. The van der Waals surface area contributed by atoms with Crippen molar-refractivity contribution in [1.82, 2.24) is 0 Å². The molecule has 1 rings (SSSR count). The Bertz CT molecular complexity index is 394. The first-order chi connectivity index (χ1) is 7.61. The molecule has 0 radical (unpaired) electrons. The molecule has 0 amide bonds. The first kappa shape index (κ1) is 13.1. The number of benzene rings is 1. The zero-order valence-corrected chi connectivity index (χ0v) is 11.2. The lowest BCUT2D eigenvalue weighted by atomic mass is 9.99. The van der Waals surface area contributed by atoms with Crippen molar-refractivity contribution in [3.63, 3.8) is 0 Å². The number of methoxy groups -OCH3 is 1. The third-order valence-corrected chi connectivity index (χ3v) is 3.08. The summed E-state index contributed by atoms with van der Waals surface area (Å²) < 4.78 is 5.48. The largest absolute Gasteiger partial charge is 0.496 e. The Morgan fingerprint density at radius 3 is 2.62 bits per heavy atom. The van der Waals surface area contributed by atoms with Crippen LogP contribution in [0.2, 0.25) is 0 Å². The summed E-state index contributed by atoms with van der Waals surface area (Å²) in [5, 5.41) is 0. The number of rotatable bonds is 4. The summed E-state index contributed by atoms with van der Waals surface area (Å²) in [6.07, 6.45) is 3.04. The van der Waals surface area contributed by atoms with Gasteiger partial charge in [-0.05, 0) is 43.9 Å². The zero-order chi connectivity index (χ0) is 12.1. The van der Waals surface area contributed by atoms with E-state index in [4.69, 9.17) is 16.3 Å². The highest BCUT2D eigenvalue weighted by Gasteiger charge is 2.09. The molecule has 0 unspecified atom stereocenters. The van der Waals surface area contributed by atoms with E-state index < -0.39 is 0 Å². The number of allylic oxidation sites excluding steroid dienone is 2. The van der Waals surface area contributed by atoms with Crippen LogP contribution in [0.25, 0.3) is 5.57 Å². The molecule has 0 aliphatic heterocycles. The number of hydrogen-bond donors (Lipinski definition) is 0. The van der Waals surface area contributed by atoms with Crippen LogP contribution in [0.4, 0.5) is 0 Å². The van der Waals surface area contributed by atoms with Crippen molar-refractivity contribution in [3.8, 4) is 5.75 Å². The molecule has 0 spiro atoms. The van der Waals surface area contributed by atoms with Gasteiger partial charge >= 0.3 is 0 Å². The molecule has 88 valence electrons. The fraction of sp³-hybridized carbons (Fsp3) is 0.429. The number of alkyl halides is 1. The molecule has 1 aromatic carbocycles. The Balaban J connectivity index is 3.18. The Kier molecular flexibility index (Phi) is 4.88. The lowest BCUT2D eigenvalue weighted by molar-refractivity contribution is 0.410. The molecule has 0 aliphatic rings. The Morgan fingerprint density at radius 1 is 1.38 bits per heavy atom. The van der Waals surface area contributed by atoms with Gasteiger partial charge in [-0.25, -0.2) is 0 Å². The van der Waals surface area contributed by atoms with Crippen molar-refractivity contribution in [2.24, 2.45) is 0 Å². The minimum Gasteiger partial charge on any atom is -0.496 e. The second-order valence-electron chi connectivity index (χ2n) is 3.95. The highest BCUT2D eigenvalue weighted by molar-refractivity contribution is 6.17. The quantitative estimate of drug-likeness (QED) is 0.709. The summed E-state index contributed by atoms with van der Waals surface area (Å²) in [7, 11) is 1.72. The highest BCUT2D eigenvalue weighted by Crippen LogP contribution is 2.31. The van der Waals surface area contributed by atoms with Gasteiger partial charge in [0.2, 0.25) is 0 Å². The summed E-state index contributed by atoms with van der Waals surface area (Å²) in [6.45, 7) is 6.28. The molecule has 0 saturated carbocycles. The van der Waals surface area contributed by atoms with Gasteiger partial charge in [-0.15, -0.1) is 11.6 Å². The van der Waals surface area contributed by atoms with E-state index >= 15 is 0 Å². The van der Waals surface area contributed by atoms with Crippen molar-refractivity contribution in [3.05, 3.63) is 34.9 Å². The molecule has 0 saturated heterocycles. The minimum absolute atomic E-state index is 0.657. The van der Waals surface area contributed by atoms with Crippen LogP contribution in [-0.4, -0.2) is 13.0 Å². The molecule has 0 N–H and O–H groups in total. The first-order valence-electron chi connectivity index (χ1n) is 5.49. The van der Waals surface area contributed by atoms with E-state index in [1.807, 2.05) is 0 Å². The first-order valence-corrected chi connectivity index (χ1v) is 6.02. The van der Waals surface area contributed by atoms with E-state index in [0.29, 0.717) is 5.88 Å². The zero-order valence-electron chi connectivity index (χ0n) is 10.4. The molecule has 0 bridgehead atoms. The summed E-state index contributed by atoms with van der Waals surface area (Å²) in [5.41, 5.74) is 4.85. The van der Waals surface area contributed by atoms with Gasteiger partial charge in [0, 0.05) is 11.4 Å². The van der Waals surface area contributed by atoms with E-state index in [1.165, 1.54) is 16.7 Å². The van der Waals surface area contributed by atoms with Crippen molar-refractivity contribution in [2.75, 3.05) is 13.0 Å². The standard InChI is InChI=1S/C14H19ClO/c1-10-7-8-13(11(2)6-5-9-15)14(16-4)12(10)3/h6-8H,5,9H2,1-4H3/b11-6+. The predicted molar refractivity (Wildman–Crippen MR) is 71.5 cm³/mol. The van der Waals surface area contributed by atoms with Crippen LogP contribution < -0.4 is 4.74 Å². The average Bonchev–Trinajstić information content (AvgIpc) is 2.29. The van der Waals surface area contributed by atoms with Crippen LogP contribution in [0.3, 0.4) is 0 Å². The summed E-state index contributed by atoms with van der Waals surface area (Å²) in [5.74, 6) is 1.63. The molecule has 0 aromatic heterocycles. The maximum atomic E-state index is 5.69. The van der Waals surface area contributed by atoms with E-state index in [-0.39, 0.29) is 0 Å². The highest BCUT2D eigenvalue weighted by atomic mass is 35.5. The number of aryl methyl sites for hydroxylation is 1. The maximum Gasteiger partial charge on any atom is 0.129 e. The second-order valence-corrected chi connectivity index (χ2v) is 4.33.